The quantitative estimate of drug-likeness (QED) is 0.0981. The number of benzene rings is 1. The molecule has 0 spiro atoms. The number of aliphatic hydroxyl groups is 3. The first-order chi connectivity index (χ1) is 16.8. The lowest BCUT2D eigenvalue weighted by atomic mass is 9.57. The Morgan fingerprint density at radius 3 is 2.47 bits per heavy atom. The lowest BCUT2D eigenvalue weighted by molar-refractivity contribution is -0.385. The molecule has 14 heteroatoms. The standard InChI is InChI=1S/C22H22N4O10/c1-25(2)15-9-4-7-3-8-11(26(35)36)5-10(24-6-27)16(28)13(8)17(29)12(7)19(31)22(9,34)20(32)14(18(15)30)21(23)33/h5-7,9,15,28-29,32,34H,3-4H2,1-2H3,(H2,23,33)(H,24,27)/t7?,9?,15-,22-/m0/s1. The summed E-state index contributed by atoms with van der Waals surface area (Å²) in [6, 6.07) is -0.368. The average Bonchev–Trinajstić information content (AvgIpc) is 2.77. The maximum Gasteiger partial charge on any atom is 0.275 e. The van der Waals surface area contributed by atoms with E-state index in [9.17, 15) is 49.7 Å². The fraction of sp³-hybridized carbons (Fsp3) is 0.364. The fourth-order valence-corrected chi connectivity index (χ4v) is 5.63. The van der Waals surface area contributed by atoms with Crippen molar-refractivity contribution in [3.05, 3.63) is 44.2 Å². The Bertz CT molecular complexity index is 1330. The second-order valence-corrected chi connectivity index (χ2v) is 9.13. The number of nitrogens with one attached hydrogen (secondary N) is 1. The molecule has 190 valence electrons. The molecule has 0 heterocycles. The summed E-state index contributed by atoms with van der Waals surface area (Å²) in [6.45, 7) is 0. The summed E-state index contributed by atoms with van der Waals surface area (Å²) >= 11 is 0. The minimum atomic E-state index is -2.83. The number of rotatable bonds is 5. The summed E-state index contributed by atoms with van der Waals surface area (Å²) in [6.07, 6.45) is -0.313. The molecule has 0 aliphatic heterocycles. The zero-order valence-electron chi connectivity index (χ0n) is 19.0. The molecule has 1 fully saturated rings. The van der Waals surface area contributed by atoms with E-state index in [0.29, 0.717) is 0 Å². The van der Waals surface area contributed by atoms with Crippen molar-refractivity contribution in [2.45, 2.75) is 24.5 Å². The van der Waals surface area contributed by atoms with Crippen LogP contribution in [0.3, 0.4) is 0 Å². The van der Waals surface area contributed by atoms with Gasteiger partial charge in [-0.25, -0.2) is 0 Å². The smallest absolute Gasteiger partial charge is 0.275 e. The number of hydrogen-bond donors (Lipinski definition) is 6. The number of amides is 2. The molecule has 3 aliphatic carbocycles. The van der Waals surface area contributed by atoms with Crippen LogP contribution in [0.25, 0.3) is 5.76 Å². The third kappa shape index (κ3) is 3.11. The van der Waals surface area contributed by atoms with Gasteiger partial charge in [-0.15, -0.1) is 0 Å². The minimum Gasteiger partial charge on any atom is -0.508 e. The Balaban J connectivity index is 2.02. The number of likely N-dealkylation sites (N-methyl/N-ethyl adjacent to an activating group) is 1. The summed E-state index contributed by atoms with van der Waals surface area (Å²) in [7, 11) is 2.91. The SMILES string of the molecule is CN(C)[C@@H]1C(=O)C(C(N)=O)=C(O)[C@@]2(O)C(=O)C3=C(O)c4c(O)c(NC=O)cc([N+](=O)[O-])c4CC3CC12. The first kappa shape index (κ1) is 24.8. The van der Waals surface area contributed by atoms with E-state index in [1.807, 2.05) is 0 Å². The zero-order chi connectivity index (χ0) is 26.9. The molecule has 0 saturated heterocycles. The molecule has 0 radical (unpaired) electrons. The van der Waals surface area contributed by atoms with Crippen LogP contribution >= 0.6 is 0 Å². The normalized spacial score (nSPS) is 27.4. The summed E-state index contributed by atoms with van der Waals surface area (Å²) in [5.41, 5.74) is -0.561. The van der Waals surface area contributed by atoms with Crippen LogP contribution in [0.1, 0.15) is 17.5 Å². The fourth-order valence-electron chi connectivity index (χ4n) is 5.63. The first-order valence-corrected chi connectivity index (χ1v) is 10.7. The van der Waals surface area contributed by atoms with Crippen molar-refractivity contribution in [1.29, 1.82) is 0 Å². The number of aromatic hydroxyl groups is 1. The van der Waals surface area contributed by atoms with Gasteiger partial charge >= 0.3 is 0 Å². The number of Topliss-reactive ketones (excluding diaryl/α,β-unsaturated/α-hetero) is 2. The van der Waals surface area contributed by atoms with Crippen molar-refractivity contribution in [3.8, 4) is 5.75 Å². The number of phenolic OH excluding ortho intramolecular Hbond substituents is 1. The van der Waals surface area contributed by atoms with Crippen molar-refractivity contribution in [2.24, 2.45) is 17.6 Å². The Kier molecular flexibility index (Phi) is 5.61. The monoisotopic (exact) mass is 502 g/mol. The minimum absolute atomic E-state index is 0.125. The summed E-state index contributed by atoms with van der Waals surface area (Å²) < 4.78 is 0. The van der Waals surface area contributed by atoms with Gasteiger partial charge in [-0.1, -0.05) is 0 Å². The topological polar surface area (TPSA) is 234 Å². The van der Waals surface area contributed by atoms with Gasteiger partial charge in [0, 0.05) is 23.1 Å². The highest BCUT2D eigenvalue weighted by Crippen LogP contribution is 2.54. The maximum absolute atomic E-state index is 13.7. The molecule has 1 aromatic rings. The van der Waals surface area contributed by atoms with Crippen LogP contribution < -0.4 is 11.1 Å². The molecule has 7 N–H and O–H groups in total. The van der Waals surface area contributed by atoms with Gasteiger partial charge < -0.3 is 31.5 Å². The van der Waals surface area contributed by atoms with Crippen LogP contribution in [-0.2, 0) is 25.6 Å². The number of nitrogens with two attached hydrogens (primary N) is 1. The summed E-state index contributed by atoms with van der Waals surface area (Å²) in [5.74, 6) is -8.69. The van der Waals surface area contributed by atoms with E-state index in [-0.39, 0.29) is 24.8 Å². The van der Waals surface area contributed by atoms with Gasteiger partial charge in [0.1, 0.15) is 17.1 Å². The molecule has 3 aliphatic rings. The number of hydrogen-bond acceptors (Lipinski definition) is 11. The van der Waals surface area contributed by atoms with E-state index in [2.05, 4.69) is 5.32 Å². The second-order valence-electron chi connectivity index (χ2n) is 9.13. The Morgan fingerprint density at radius 2 is 1.94 bits per heavy atom. The number of carbonyl (C=O) groups is 4. The van der Waals surface area contributed by atoms with Gasteiger partial charge in [0.25, 0.3) is 11.6 Å². The molecular weight excluding hydrogens is 480 g/mol. The zero-order valence-corrected chi connectivity index (χ0v) is 19.0. The van der Waals surface area contributed by atoms with Crippen molar-refractivity contribution in [2.75, 3.05) is 19.4 Å². The van der Waals surface area contributed by atoms with E-state index < -0.39 is 91.2 Å². The molecular formula is C22H22N4O10. The number of phenols is 1. The highest BCUT2D eigenvalue weighted by Gasteiger charge is 2.64. The first-order valence-electron chi connectivity index (χ1n) is 10.7. The molecule has 4 atom stereocenters. The van der Waals surface area contributed by atoms with Gasteiger partial charge in [-0.2, -0.15) is 0 Å². The number of aliphatic hydroxyl groups excluding tert-OH is 2. The van der Waals surface area contributed by atoms with E-state index >= 15 is 0 Å². The lowest BCUT2D eigenvalue weighted by Crippen LogP contribution is -2.65. The molecule has 0 bridgehead atoms. The number of nitro benzene ring substituents is 1. The second kappa shape index (κ2) is 8.13. The van der Waals surface area contributed by atoms with Crippen LogP contribution in [0.5, 0.6) is 5.75 Å². The van der Waals surface area contributed by atoms with Crippen LogP contribution in [0.15, 0.2) is 23.0 Å². The van der Waals surface area contributed by atoms with E-state index in [1.54, 1.807) is 0 Å². The molecule has 4 rings (SSSR count). The van der Waals surface area contributed by atoms with Gasteiger partial charge in [-0.3, -0.25) is 34.2 Å². The third-order valence-corrected chi connectivity index (χ3v) is 7.11. The molecule has 2 amide bonds. The molecule has 1 aromatic carbocycles. The number of fused-ring (bicyclic) bond motifs is 3. The van der Waals surface area contributed by atoms with Crippen LogP contribution in [0.2, 0.25) is 0 Å². The highest BCUT2D eigenvalue weighted by molar-refractivity contribution is 6.24. The Morgan fingerprint density at radius 1 is 1.31 bits per heavy atom. The van der Waals surface area contributed by atoms with Crippen molar-refractivity contribution >= 4 is 41.0 Å². The average molecular weight is 502 g/mol. The Labute approximate surface area is 202 Å². The largest absolute Gasteiger partial charge is 0.508 e. The molecule has 1 saturated carbocycles. The number of ketones is 2. The highest BCUT2D eigenvalue weighted by atomic mass is 16.6. The molecule has 2 unspecified atom stereocenters. The van der Waals surface area contributed by atoms with Crippen LogP contribution in [0.4, 0.5) is 11.4 Å². The van der Waals surface area contributed by atoms with E-state index in [0.717, 1.165) is 6.07 Å². The summed E-state index contributed by atoms with van der Waals surface area (Å²) in [5, 5.41) is 57.8. The maximum atomic E-state index is 13.7. The van der Waals surface area contributed by atoms with E-state index in [4.69, 9.17) is 5.73 Å². The molecule has 0 aromatic heterocycles. The van der Waals surface area contributed by atoms with Crippen LogP contribution in [0, 0.1) is 22.0 Å². The number of nitro groups is 1. The van der Waals surface area contributed by atoms with Crippen LogP contribution in [-0.4, -0.2) is 79.9 Å². The van der Waals surface area contributed by atoms with Crippen molar-refractivity contribution in [1.82, 2.24) is 4.90 Å². The lowest BCUT2D eigenvalue weighted by Gasteiger charge is -2.50. The van der Waals surface area contributed by atoms with Crippen molar-refractivity contribution < 1.29 is 44.5 Å². The summed E-state index contributed by atoms with van der Waals surface area (Å²) in [4.78, 5) is 61.9. The van der Waals surface area contributed by atoms with Gasteiger partial charge in [0.05, 0.1) is 22.2 Å². The number of primary amides is 1. The number of nitrogens with zero attached hydrogens (tertiary/aromatic N) is 2. The van der Waals surface area contributed by atoms with E-state index in [1.165, 1.54) is 19.0 Å². The molecule has 36 heavy (non-hydrogen) atoms. The molecule has 14 nitrogen and oxygen atoms in total. The van der Waals surface area contributed by atoms with Crippen molar-refractivity contribution in [3.63, 3.8) is 0 Å². The number of carbonyl (C=O) groups excluding carboxylic acids is 4. The third-order valence-electron chi connectivity index (χ3n) is 7.11. The van der Waals surface area contributed by atoms with Gasteiger partial charge in [0.15, 0.2) is 17.1 Å². The van der Waals surface area contributed by atoms with Gasteiger partial charge in [0.2, 0.25) is 12.2 Å². The van der Waals surface area contributed by atoms with Gasteiger partial charge in [-0.05, 0) is 32.9 Å². The number of anilines is 1. The predicted octanol–water partition coefficient (Wildman–Crippen LogP) is -0.559. The Hall–Kier alpha value is -4.30. The predicted molar refractivity (Wildman–Crippen MR) is 121 cm³/mol.